The largest absolute Gasteiger partial charge is 0.309 e. The van der Waals surface area contributed by atoms with E-state index in [0.29, 0.717) is 0 Å². The molecule has 0 amide bonds. The van der Waals surface area contributed by atoms with E-state index in [1.807, 2.05) is 0 Å². The van der Waals surface area contributed by atoms with E-state index in [1.165, 1.54) is 77.2 Å². The molecular formula is C40H32N2. The number of aryl methyl sites for hydroxylation is 2. The van der Waals surface area contributed by atoms with Crippen LogP contribution in [0.15, 0.2) is 133 Å². The zero-order chi connectivity index (χ0) is 28.2. The van der Waals surface area contributed by atoms with Crippen LogP contribution in [0.5, 0.6) is 0 Å². The summed E-state index contributed by atoms with van der Waals surface area (Å²) in [6, 6.07) is 49.0. The Morgan fingerprint density at radius 3 is 1.38 bits per heavy atom. The van der Waals surface area contributed by atoms with Gasteiger partial charge < -0.3 is 9.13 Å². The van der Waals surface area contributed by atoms with Gasteiger partial charge in [0.1, 0.15) is 0 Å². The summed E-state index contributed by atoms with van der Waals surface area (Å²) < 4.78 is 4.82. The van der Waals surface area contributed by atoms with Gasteiger partial charge in [-0.25, -0.2) is 0 Å². The third kappa shape index (κ3) is 3.65. The van der Waals surface area contributed by atoms with Gasteiger partial charge in [0.15, 0.2) is 0 Å². The van der Waals surface area contributed by atoms with Gasteiger partial charge in [0, 0.05) is 32.9 Å². The molecule has 2 nitrogen and oxygen atoms in total. The Morgan fingerprint density at radius 2 is 0.833 bits per heavy atom. The lowest BCUT2D eigenvalue weighted by Crippen LogP contribution is -1.98. The van der Waals surface area contributed by atoms with E-state index in [1.54, 1.807) is 0 Å². The Morgan fingerprint density at radius 1 is 0.381 bits per heavy atom. The molecule has 42 heavy (non-hydrogen) atoms. The first-order valence-electron chi connectivity index (χ1n) is 15.0. The highest BCUT2D eigenvalue weighted by molar-refractivity contribution is 6.11. The average Bonchev–Trinajstić information content (AvgIpc) is 3.56. The van der Waals surface area contributed by atoms with Crippen LogP contribution in [0, 0.1) is 0 Å². The van der Waals surface area contributed by atoms with Gasteiger partial charge in [-0.3, -0.25) is 0 Å². The van der Waals surface area contributed by atoms with E-state index in [9.17, 15) is 0 Å². The number of nitrogens with zero attached hydrogens (tertiary/aromatic N) is 2. The van der Waals surface area contributed by atoms with Crippen molar-refractivity contribution in [1.29, 1.82) is 0 Å². The summed E-state index contributed by atoms with van der Waals surface area (Å²) in [7, 11) is 0. The predicted octanol–water partition coefficient (Wildman–Crippen LogP) is 10.7. The maximum Gasteiger partial charge on any atom is 0.0544 e. The number of rotatable bonds is 5. The van der Waals surface area contributed by atoms with Crippen LogP contribution in [0.2, 0.25) is 0 Å². The fourth-order valence-corrected chi connectivity index (χ4v) is 6.92. The molecule has 2 heterocycles. The average molecular weight is 541 g/mol. The number of benzene rings is 6. The Bertz CT molecular complexity index is 2210. The molecule has 0 radical (unpaired) electrons. The van der Waals surface area contributed by atoms with Gasteiger partial charge in [0.05, 0.1) is 22.1 Å². The van der Waals surface area contributed by atoms with Crippen molar-refractivity contribution >= 4 is 43.6 Å². The van der Waals surface area contributed by atoms with Crippen molar-refractivity contribution in [3.05, 3.63) is 145 Å². The molecule has 2 aromatic heterocycles. The van der Waals surface area contributed by atoms with Crippen LogP contribution in [0.3, 0.4) is 0 Å². The van der Waals surface area contributed by atoms with Crippen molar-refractivity contribution < 1.29 is 0 Å². The first kappa shape index (κ1) is 24.7. The number of hydrogen-bond acceptors (Lipinski definition) is 0. The number of hydrogen-bond donors (Lipinski definition) is 0. The van der Waals surface area contributed by atoms with Crippen molar-refractivity contribution in [2.75, 3.05) is 0 Å². The maximum absolute atomic E-state index is 2.44. The summed E-state index contributed by atoms with van der Waals surface area (Å²) in [5.74, 6) is 0. The van der Waals surface area contributed by atoms with Crippen LogP contribution in [0.4, 0.5) is 0 Å². The lowest BCUT2D eigenvalue weighted by molar-refractivity contribution is 1.11. The second-order valence-corrected chi connectivity index (χ2v) is 11.1. The zero-order valence-electron chi connectivity index (χ0n) is 24.0. The first-order valence-corrected chi connectivity index (χ1v) is 15.0. The highest BCUT2D eigenvalue weighted by Crippen LogP contribution is 2.39. The lowest BCUT2D eigenvalue weighted by Gasteiger charge is -2.15. The highest BCUT2D eigenvalue weighted by Gasteiger charge is 2.17. The first-order chi connectivity index (χ1) is 20.8. The van der Waals surface area contributed by atoms with Crippen LogP contribution in [-0.4, -0.2) is 9.13 Å². The summed E-state index contributed by atoms with van der Waals surface area (Å²) in [5, 5.41) is 5.16. The van der Waals surface area contributed by atoms with Crippen LogP contribution in [0.25, 0.3) is 66.1 Å². The zero-order valence-corrected chi connectivity index (χ0v) is 24.0. The minimum atomic E-state index is 0.984. The second-order valence-electron chi connectivity index (χ2n) is 11.1. The molecule has 0 atom stereocenters. The molecule has 0 saturated heterocycles. The second kappa shape index (κ2) is 9.78. The van der Waals surface area contributed by atoms with E-state index in [2.05, 4.69) is 156 Å². The molecule has 0 aliphatic heterocycles. The summed E-state index contributed by atoms with van der Waals surface area (Å²) in [5.41, 5.74) is 12.8. The number of aromatic nitrogens is 2. The van der Waals surface area contributed by atoms with Crippen LogP contribution in [-0.2, 0) is 12.8 Å². The maximum atomic E-state index is 2.44. The van der Waals surface area contributed by atoms with Gasteiger partial charge in [-0.1, -0.05) is 92.7 Å². The van der Waals surface area contributed by atoms with E-state index in [-0.39, 0.29) is 0 Å². The Balaban J connectivity index is 1.34. The molecule has 8 rings (SSSR count). The molecule has 2 heteroatoms. The van der Waals surface area contributed by atoms with Crippen LogP contribution >= 0.6 is 0 Å². The highest BCUT2D eigenvalue weighted by atomic mass is 15.0. The molecular weight excluding hydrogens is 508 g/mol. The standard InChI is InChI=1S/C40H32N2/c1-3-27-13-5-6-14-31(27)35-26-36-34-17-9-12-20-39(34)42(40(36)25-28(35)4-2)30-23-21-29(22-24-30)41-37-18-10-7-15-32(37)33-16-8-11-19-38(33)41/h5-26H,3-4H2,1-2H3. The lowest BCUT2D eigenvalue weighted by atomic mass is 9.91. The van der Waals surface area contributed by atoms with E-state index < -0.39 is 0 Å². The topological polar surface area (TPSA) is 9.86 Å². The summed E-state index contributed by atoms with van der Waals surface area (Å²) >= 11 is 0. The molecule has 0 unspecified atom stereocenters. The van der Waals surface area contributed by atoms with E-state index in [4.69, 9.17) is 0 Å². The van der Waals surface area contributed by atoms with Gasteiger partial charge in [-0.05, 0) is 89.7 Å². The molecule has 0 N–H and O–H groups in total. The molecule has 0 bridgehead atoms. The van der Waals surface area contributed by atoms with Crippen molar-refractivity contribution in [3.63, 3.8) is 0 Å². The molecule has 0 aliphatic rings. The predicted molar refractivity (Wildman–Crippen MR) is 179 cm³/mol. The SMILES string of the molecule is CCc1ccccc1-c1cc2c3ccccc3n(-c3ccc(-n4c5ccccc5c5ccccc54)cc3)c2cc1CC. The minimum absolute atomic E-state index is 0.984. The molecule has 202 valence electrons. The van der Waals surface area contributed by atoms with Crippen LogP contribution in [0.1, 0.15) is 25.0 Å². The minimum Gasteiger partial charge on any atom is -0.309 e. The van der Waals surface area contributed by atoms with Gasteiger partial charge in [0.25, 0.3) is 0 Å². The van der Waals surface area contributed by atoms with Gasteiger partial charge >= 0.3 is 0 Å². The monoisotopic (exact) mass is 540 g/mol. The Kier molecular flexibility index (Phi) is 5.75. The Labute approximate surface area is 246 Å². The molecule has 0 saturated carbocycles. The third-order valence-electron chi connectivity index (χ3n) is 8.91. The summed E-state index contributed by atoms with van der Waals surface area (Å²) in [6.07, 6.45) is 2.01. The van der Waals surface area contributed by atoms with Gasteiger partial charge in [-0.2, -0.15) is 0 Å². The molecule has 8 aromatic rings. The molecule has 0 fully saturated rings. The van der Waals surface area contributed by atoms with Crippen LogP contribution < -0.4 is 0 Å². The van der Waals surface area contributed by atoms with E-state index >= 15 is 0 Å². The number of para-hydroxylation sites is 3. The number of fused-ring (bicyclic) bond motifs is 6. The smallest absolute Gasteiger partial charge is 0.0544 e. The quantitative estimate of drug-likeness (QED) is 0.205. The van der Waals surface area contributed by atoms with Gasteiger partial charge in [0.2, 0.25) is 0 Å². The molecule has 0 aliphatic carbocycles. The normalized spacial score (nSPS) is 11.8. The van der Waals surface area contributed by atoms with E-state index in [0.717, 1.165) is 12.8 Å². The summed E-state index contributed by atoms with van der Waals surface area (Å²) in [4.78, 5) is 0. The third-order valence-corrected chi connectivity index (χ3v) is 8.91. The van der Waals surface area contributed by atoms with Crippen molar-refractivity contribution in [3.8, 4) is 22.5 Å². The fourth-order valence-electron chi connectivity index (χ4n) is 6.92. The molecule has 6 aromatic carbocycles. The molecule has 0 spiro atoms. The summed E-state index contributed by atoms with van der Waals surface area (Å²) in [6.45, 7) is 4.52. The van der Waals surface area contributed by atoms with Crippen molar-refractivity contribution in [2.45, 2.75) is 26.7 Å². The van der Waals surface area contributed by atoms with Crippen molar-refractivity contribution in [1.82, 2.24) is 9.13 Å². The van der Waals surface area contributed by atoms with Crippen molar-refractivity contribution in [2.24, 2.45) is 0 Å². The fraction of sp³-hybridized carbons (Fsp3) is 0.100. The Hall–Kier alpha value is -5.08. The van der Waals surface area contributed by atoms with Gasteiger partial charge in [-0.15, -0.1) is 0 Å².